The highest BCUT2D eigenvalue weighted by molar-refractivity contribution is 5.77. The predicted octanol–water partition coefficient (Wildman–Crippen LogP) is 4.27. The second-order valence-electron chi connectivity index (χ2n) is 8.61. The minimum Gasteiger partial charge on any atom is -0.481 e. The normalized spacial score (nSPS) is 13.1. The number of hydrogen-bond acceptors (Lipinski definition) is 5. The Bertz CT molecular complexity index is 855. The zero-order valence-corrected chi connectivity index (χ0v) is 18.2. The number of rotatable bonds is 10. The molecule has 0 aliphatic carbocycles. The molecule has 0 fully saturated rings. The van der Waals surface area contributed by atoms with Crippen LogP contribution in [-0.4, -0.2) is 29.8 Å². The molecule has 0 amide bonds. The average molecular weight is 427 g/mol. The Hall–Kier alpha value is -3.15. The van der Waals surface area contributed by atoms with Gasteiger partial charge < -0.3 is 14.6 Å². The standard InChI is InChI=1S/C25H30O6/c1-25(2,3)24(29)31-17-30-23(28)21(15-19-12-8-5-9-13-19)16-20(22(26)27)14-18-10-6-4-7-11-18/h4-13,20-21H,14-17H2,1-3H3,(H,26,27)/t20-,21-/m0/s1. The van der Waals surface area contributed by atoms with E-state index in [2.05, 4.69) is 0 Å². The Morgan fingerprint density at radius 2 is 1.29 bits per heavy atom. The van der Waals surface area contributed by atoms with E-state index >= 15 is 0 Å². The van der Waals surface area contributed by atoms with E-state index in [-0.39, 0.29) is 6.42 Å². The van der Waals surface area contributed by atoms with Crippen molar-refractivity contribution in [3.8, 4) is 0 Å². The molecule has 6 heteroatoms. The quantitative estimate of drug-likeness (QED) is 0.451. The summed E-state index contributed by atoms with van der Waals surface area (Å²) in [5.41, 5.74) is 1.08. The predicted molar refractivity (Wildman–Crippen MR) is 116 cm³/mol. The van der Waals surface area contributed by atoms with Crippen LogP contribution >= 0.6 is 0 Å². The van der Waals surface area contributed by atoms with Gasteiger partial charge in [-0.2, -0.15) is 0 Å². The van der Waals surface area contributed by atoms with Crippen molar-refractivity contribution in [3.63, 3.8) is 0 Å². The summed E-state index contributed by atoms with van der Waals surface area (Å²) < 4.78 is 10.2. The summed E-state index contributed by atoms with van der Waals surface area (Å²) in [4.78, 5) is 36.6. The van der Waals surface area contributed by atoms with E-state index in [1.54, 1.807) is 20.8 Å². The van der Waals surface area contributed by atoms with Crippen LogP contribution < -0.4 is 0 Å². The van der Waals surface area contributed by atoms with Crippen LogP contribution in [0.25, 0.3) is 0 Å². The van der Waals surface area contributed by atoms with Gasteiger partial charge in [0.1, 0.15) is 0 Å². The van der Waals surface area contributed by atoms with Gasteiger partial charge in [0.25, 0.3) is 0 Å². The molecular formula is C25H30O6. The van der Waals surface area contributed by atoms with Crippen molar-refractivity contribution in [2.45, 2.75) is 40.0 Å². The van der Waals surface area contributed by atoms with Crippen LogP contribution in [0.5, 0.6) is 0 Å². The van der Waals surface area contributed by atoms with Gasteiger partial charge in [0, 0.05) is 0 Å². The Balaban J connectivity index is 2.10. The second kappa shape index (κ2) is 11.3. The first kappa shape index (κ1) is 24.1. The van der Waals surface area contributed by atoms with E-state index in [1.807, 2.05) is 60.7 Å². The molecule has 2 aromatic carbocycles. The van der Waals surface area contributed by atoms with Crippen LogP contribution in [0.2, 0.25) is 0 Å². The van der Waals surface area contributed by atoms with Crippen molar-refractivity contribution in [1.29, 1.82) is 0 Å². The van der Waals surface area contributed by atoms with E-state index in [4.69, 9.17) is 9.47 Å². The fourth-order valence-electron chi connectivity index (χ4n) is 3.15. The van der Waals surface area contributed by atoms with Crippen LogP contribution in [-0.2, 0) is 36.7 Å². The molecule has 0 aromatic heterocycles. The molecule has 0 bridgehead atoms. The molecule has 0 saturated carbocycles. The summed E-state index contributed by atoms with van der Waals surface area (Å²) in [6, 6.07) is 18.7. The van der Waals surface area contributed by atoms with Gasteiger partial charge in [-0.15, -0.1) is 0 Å². The van der Waals surface area contributed by atoms with Crippen molar-refractivity contribution >= 4 is 17.9 Å². The van der Waals surface area contributed by atoms with Crippen molar-refractivity contribution in [1.82, 2.24) is 0 Å². The lowest BCUT2D eigenvalue weighted by Gasteiger charge is -2.21. The smallest absolute Gasteiger partial charge is 0.314 e. The van der Waals surface area contributed by atoms with Crippen molar-refractivity contribution < 1.29 is 29.0 Å². The fourth-order valence-corrected chi connectivity index (χ4v) is 3.15. The second-order valence-corrected chi connectivity index (χ2v) is 8.61. The van der Waals surface area contributed by atoms with Gasteiger partial charge in [0.05, 0.1) is 17.3 Å². The molecule has 6 nitrogen and oxygen atoms in total. The SMILES string of the molecule is CC(C)(C)C(=O)OCOC(=O)[C@@H](Cc1ccccc1)C[C@H](Cc1ccccc1)C(=O)O. The lowest BCUT2D eigenvalue weighted by molar-refractivity contribution is -0.175. The highest BCUT2D eigenvalue weighted by atomic mass is 16.7. The first-order chi connectivity index (χ1) is 14.7. The first-order valence-electron chi connectivity index (χ1n) is 10.3. The highest BCUT2D eigenvalue weighted by Crippen LogP contribution is 2.23. The number of carboxylic acids is 1. The average Bonchev–Trinajstić information content (AvgIpc) is 2.73. The maximum atomic E-state index is 12.8. The minimum absolute atomic E-state index is 0.116. The van der Waals surface area contributed by atoms with Crippen LogP contribution in [0, 0.1) is 17.3 Å². The van der Waals surface area contributed by atoms with Crippen LogP contribution in [0.4, 0.5) is 0 Å². The van der Waals surface area contributed by atoms with Crippen LogP contribution in [0.15, 0.2) is 60.7 Å². The Kier molecular flexibility index (Phi) is 8.79. The fraction of sp³-hybridized carbons (Fsp3) is 0.400. The summed E-state index contributed by atoms with van der Waals surface area (Å²) in [5, 5.41) is 9.75. The molecule has 31 heavy (non-hydrogen) atoms. The lowest BCUT2D eigenvalue weighted by atomic mass is 9.86. The third-order valence-corrected chi connectivity index (χ3v) is 4.91. The van der Waals surface area contributed by atoms with Gasteiger partial charge in [0.2, 0.25) is 6.79 Å². The zero-order valence-electron chi connectivity index (χ0n) is 18.2. The molecule has 0 spiro atoms. The zero-order chi connectivity index (χ0) is 22.9. The van der Waals surface area contributed by atoms with E-state index in [9.17, 15) is 19.5 Å². The van der Waals surface area contributed by atoms with Crippen molar-refractivity contribution in [3.05, 3.63) is 71.8 Å². The third kappa shape index (κ3) is 8.24. The summed E-state index contributed by atoms with van der Waals surface area (Å²) >= 11 is 0. The van der Waals surface area contributed by atoms with Crippen LogP contribution in [0.1, 0.15) is 38.3 Å². The van der Waals surface area contributed by atoms with Gasteiger partial charge in [-0.3, -0.25) is 14.4 Å². The molecule has 2 aromatic rings. The summed E-state index contributed by atoms with van der Waals surface area (Å²) in [6.45, 7) is 4.62. The van der Waals surface area contributed by atoms with Gasteiger partial charge in [-0.25, -0.2) is 0 Å². The number of carbonyl (C=O) groups excluding carboxylic acids is 2. The Labute approximate surface area is 183 Å². The molecule has 2 atom stereocenters. The van der Waals surface area contributed by atoms with E-state index in [0.717, 1.165) is 11.1 Å². The number of esters is 2. The topological polar surface area (TPSA) is 89.9 Å². The molecule has 2 rings (SSSR count). The largest absolute Gasteiger partial charge is 0.481 e. The van der Waals surface area contributed by atoms with Gasteiger partial charge in [0.15, 0.2) is 0 Å². The maximum absolute atomic E-state index is 12.8. The monoisotopic (exact) mass is 426 g/mol. The lowest BCUT2D eigenvalue weighted by Crippen LogP contribution is -2.29. The summed E-state index contributed by atoms with van der Waals surface area (Å²) in [6.07, 6.45) is 0.768. The van der Waals surface area contributed by atoms with E-state index in [1.165, 1.54) is 0 Å². The van der Waals surface area contributed by atoms with Crippen LogP contribution in [0.3, 0.4) is 0 Å². The van der Waals surface area contributed by atoms with Gasteiger partial charge in [-0.1, -0.05) is 60.7 Å². The van der Waals surface area contributed by atoms with E-state index in [0.29, 0.717) is 12.8 Å². The molecule has 0 radical (unpaired) electrons. The minimum atomic E-state index is -0.964. The highest BCUT2D eigenvalue weighted by Gasteiger charge is 2.30. The molecule has 0 aliphatic rings. The number of carbonyl (C=O) groups is 3. The summed E-state index contributed by atoms with van der Waals surface area (Å²) in [5.74, 6) is -3.45. The van der Waals surface area contributed by atoms with E-state index < -0.39 is 42.0 Å². The molecular weight excluding hydrogens is 396 g/mol. The van der Waals surface area contributed by atoms with Gasteiger partial charge in [-0.05, 0) is 51.2 Å². The number of ether oxygens (including phenoxy) is 2. The number of hydrogen-bond donors (Lipinski definition) is 1. The van der Waals surface area contributed by atoms with Crippen molar-refractivity contribution in [2.75, 3.05) is 6.79 Å². The summed E-state index contributed by atoms with van der Waals surface area (Å²) in [7, 11) is 0. The number of aliphatic carboxylic acids is 1. The Morgan fingerprint density at radius 3 is 1.74 bits per heavy atom. The molecule has 0 heterocycles. The Morgan fingerprint density at radius 1 is 0.806 bits per heavy atom. The van der Waals surface area contributed by atoms with Crippen molar-refractivity contribution in [2.24, 2.45) is 17.3 Å². The molecule has 0 unspecified atom stereocenters. The molecule has 166 valence electrons. The third-order valence-electron chi connectivity index (χ3n) is 4.91. The number of carboxylic acid groups (broad SMARTS) is 1. The number of benzene rings is 2. The maximum Gasteiger partial charge on any atom is 0.314 e. The van der Waals surface area contributed by atoms with Gasteiger partial charge >= 0.3 is 17.9 Å². The molecule has 0 saturated heterocycles. The molecule has 1 N–H and O–H groups in total. The molecule has 0 aliphatic heterocycles. The first-order valence-corrected chi connectivity index (χ1v) is 10.3.